The zero-order valence-corrected chi connectivity index (χ0v) is 16.9. The van der Waals surface area contributed by atoms with Crippen molar-refractivity contribution in [2.24, 2.45) is 46.3 Å². The summed E-state index contributed by atoms with van der Waals surface area (Å²) in [5.74, 6) is 5.33. The zero-order valence-electron chi connectivity index (χ0n) is 16.9. The Hall–Kier alpha value is -1.49. The minimum atomic E-state index is 0.279. The summed E-state index contributed by atoms with van der Waals surface area (Å²) in [5.41, 5.74) is 2.12. The maximum atomic E-state index is 10.0. The molecule has 5 aliphatic rings. The van der Waals surface area contributed by atoms with E-state index >= 15 is 0 Å². The van der Waals surface area contributed by atoms with Crippen LogP contribution < -0.4 is 0 Å². The molecule has 0 aromatic heterocycles. The highest BCUT2D eigenvalue weighted by atomic mass is 16.5. The lowest BCUT2D eigenvalue weighted by molar-refractivity contribution is -0.0582. The Kier molecular flexibility index (Phi) is 3.91. The number of nitrogens with zero attached hydrogens (tertiary/aromatic N) is 1. The number of fused-ring (bicyclic) bond motifs is 7. The summed E-state index contributed by atoms with van der Waals surface area (Å²) in [4.78, 5) is 0. The molecule has 0 aliphatic heterocycles. The largest absolute Gasteiger partial charge is 0.501 e. The second-order valence-corrected chi connectivity index (χ2v) is 10.2. The summed E-state index contributed by atoms with van der Waals surface area (Å²) in [7, 11) is 1.81. The first kappa shape index (κ1) is 17.6. The molecule has 0 aromatic rings. The molecule has 5 aliphatic carbocycles. The molecule has 0 N–H and O–H groups in total. The van der Waals surface area contributed by atoms with Crippen LogP contribution in [-0.4, -0.2) is 7.11 Å². The van der Waals surface area contributed by atoms with E-state index in [-0.39, 0.29) is 5.41 Å². The molecule has 5 rings (SSSR count). The molecule has 0 heterocycles. The van der Waals surface area contributed by atoms with E-state index in [4.69, 9.17) is 4.74 Å². The third-order valence-electron chi connectivity index (χ3n) is 9.47. The second-order valence-electron chi connectivity index (χ2n) is 10.2. The fourth-order valence-corrected chi connectivity index (χ4v) is 8.24. The third-order valence-corrected chi connectivity index (χ3v) is 9.47. The van der Waals surface area contributed by atoms with Crippen LogP contribution in [0.3, 0.4) is 0 Å². The molecule has 3 fully saturated rings. The van der Waals surface area contributed by atoms with Crippen LogP contribution in [0.5, 0.6) is 0 Å². The van der Waals surface area contributed by atoms with Crippen LogP contribution in [0, 0.1) is 57.7 Å². The number of nitriles is 1. The molecule has 0 bridgehead atoms. The van der Waals surface area contributed by atoms with Crippen molar-refractivity contribution in [1.82, 2.24) is 0 Å². The molecule has 2 heteroatoms. The molecule has 0 spiro atoms. The van der Waals surface area contributed by atoms with E-state index in [0.717, 1.165) is 42.3 Å². The van der Waals surface area contributed by atoms with E-state index in [9.17, 15) is 5.26 Å². The normalized spacial score (nSPS) is 49.4. The number of ether oxygens (including phenoxy) is 1. The van der Waals surface area contributed by atoms with Gasteiger partial charge in [0.1, 0.15) is 0 Å². The number of hydrogen-bond donors (Lipinski definition) is 0. The van der Waals surface area contributed by atoms with Gasteiger partial charge < -0.3 is 4.74 Å². The fourth-order valence-electron chi connectivity index (χ4n) is 8.24. The van der Waals surface area contributed by atoms with Gasteiger partial charge in [-0.3, -0.25) is 0 Å². The van der Waals surface area contributed by atoms with E-state index in [1.54, 1.807) is 0 Å². The maximum absolute atomic E-state index is 10.0. The summed E-state index contributed by atoms with van der Waals surface area (Å²) >= 11 is 0. The highest BCUT2D eigenvalue weighted by molar-refractivity contribution is 5.36. The van der Waals surface area contributed by atoms with Crippen molar-refractivity contribution in [2.45, 2.75) is 58.3 Å². The van der Waals surface area contributed by atoms with Crippen molar-refractivity contribution in [1.29, 1.82) is 5.26 Å². The van der Waals surface area contributed by atoms with Crippen molar-refractivity contribution in [3.05, 3.63) is 36.1 Å². The molecule has 0 unspecified atom stereocenters. The van der Waals surface area contributed by atoms with Gasteiger partial charge in [-0.05, 0) is 97.0 Å². The van der Waals surface area contributed by atoms with E-state index in [0.29, 0.717) is 17.3 Å². The van der Waals surface area contributed by atoms with E-state index in [1.807, 2.05) is 7.11 Å². The second kappa shape index (κ2) is 6.00. The molecule has 144 valence electrons. The average Bonchev–Trinajstić information content (AvgIpc) is 3.40. The van der Waals surface area contributed by atoms with Gasteiger partial charge in [-0.1, -0.05) is 19.1 Å². The van der Waals surface area contributed by atoms with Gasteiger partial charge in [-0.15, -0.1) is 6.58 Å². The van der Waals surface area contributed by atoms with Gasteiger partial charge in [0, 0.05) is 6.42 Å². The Bertz CT molecular complexity index is 757. The Labute approximate surface area is 164 Å². The van der Waals surface area contributed by atoms with Crippen LogP contribution in [0.1, 0.15) is 58.3 Å². The lowest BCUT2D eigenvalue weighted by atomic mass is 9.46. The molecule has 0 amide bonds. The van der Waals surface area contributed by atoms with E-state index in [1.165, 1.54) is 44.1 Å². The number of rotatable bonds is 4. The van der Waals surface area contributed by atoms with Gasteiger partial charge in [-0.2, -0.15) is 5.26 Å². The molecular formula is C25H33NO. The summed E-state index contributed by atoms with van der Waals surface area (Å²) in [6, 6.07) is 2.80. The van der Waals surface area contributed by atoms with Gasteiger partial charge in [0.15, 0.2) is 0 Å². The predicted molar refractivity (Wildman–Crippen MR) is 107 cm³/mol. The Balaban J connectivity index is 1.52. The minimum Gasteiger partial charge on any atom is -0.501 e. The van der Waals surface area contributed by atoms with Gasteiger partial charge in [0.05, 0.1) is 24.9 Å². The Morgan fingerprint density at radius 3 is 2.93 bits per heavy atom. The highest BCUT2D eigenvalue weighted by Crippen LogP contribution is 2.76. The van der Waals surface area contributed by atoms with Crippen LogP contribution in [0.4, 0.5) is 0 Å². The van der Waals surface area contributed by atoms with Crippen LogP contribution in [-0.2, 0) is 4.74 Å². The molecule has 3 saturated carbocycles. The zero-order chi connectivity index (χ0) is 18.8. The van der Waals surface area contributed by atoms with E-state index in [2.05, 4.69) is 37.8 Å². The van der Waals surface area contributed by atoms with Crippen LogP contribution in [0.15, 0.2) is 36.1 Å². The van der Waals surface area contributed by atoms with Gasteiger partial charge in [-0.25, -0.2) is 0 Å². The van der Waals surface area contributed by atoms with Crippen molar-refractivity contribution in [3.8, 4) is 6.07 Å². The molecule has 2 nitrogen and oxygen atoms in total. The Morgan fingerprint density at radius 1 is 1.33 bits per heavy atom. The van der Waals surface area contributed by atoms with Crippen molar-refractivity contribution >= 4 is 0 Å². The van der Waals surface area contributed by atoms with Gasteiger partial charge >= 0.3 is 0 Å². The topological polar surface area (TPSA) is 33.0 Å². The van der Waals surface area contributed by atoms with Crippen LogP contribution in [0.2, 0.25) is 0 Å². The molecule has 27 heavy (non-hydrogen) atoms. The SMILES string of the molecule is C=CCC[C@]12CC[C@H]3[C@@H](CC=C4C=C(OC)CC[C@@]43C)[C@@H]1[C@@H]1C[C@@H]1[C@@H]2C#N. The lowest BCUT2D eigenvalue weighted by Gasteiger charge is -2.58. The fraction of sp³-hybridized carbons (Fsp3) is 0.720. The van der Waals surface area contributed by atoms with Crippen LogP contribution in [0.25, 0.3) is 0 Å². The first-order valence-electron chi connectivity index (χ1n) is 11.0. The summed E-state index contributed by atoms with van der Waals surface area (Å²) in [5, 5.41) is 10.0. The summed E-state index contributed by atoms with van der Waals surface area (Å²) in [6.45, 7) is 6.51. The smallest absolute Gasteiger partial charge is 0.0958 e. The highest BCUT2D eigenvalue weighted by Gasteiger charge is 2.71. The van der Waals surface area contributed by atoms with Crippen molar-refractivity contribution in [3.63, 3.8) is 0 Å². The summed E-state index contributed by atoms with van der Waals surface area (Å²) in [6.07, 6.45) is 16.6. The molecular weight excluding hydrogens is 330 g/mol. The molecule has 0 saturated heterocycles. The third kappa shape index (κ3) is 2.24. The monoisotopic (exact) mass is 363 g/mol. The minimum absolute atomic E-state index is 0.279. The van der Waals surface area contributed by atoms with Gasteiger partial charge in [0.25, 0.3) is 0 Å². The summed E-state index contributed by atoms with van der Waals surface area (Å²) < 4.78 is 5.58. The standard InChI is InChI=1S/C25H33NO/c1-4-5-10-25-12-9-21-18(23(25)20-14-19(20)22(25)15-26)7-6-16-13-17(27-3)8-11-24(16,21)2/h4,6,13,18-23H,1,5,7-12,14H2,2-3H3/t18-,19+,20-,21+,22+,23-,24+,25-/m1/s1. The number of allylic oxidation sites excluding steroid dienone is 5. The Morgan fingerprint density at radius 2 is 2.19 bits per heavy atom. The lowest BCUT2D eigenvalue weighted by Crippen LogP contribution is -2.51. The van der Waals surface area contributed by atoms with Crippen molar-refractivity contribution < 1.29 is 4.74 Å². The predicted octanol–water partition coefficient (Wildman–Crippen LogP) is 6.03. The van der Waals surface area contributed by atoms with E-state index < -0.39 is 0 Å². The molecule has 8 atom stereocenters. The maximum Gasteiger partial charge on any atom is 0.0958 e. The van der Waals surface area contributed by atoms with Crippen molar-refractivity contribution in [2.75, 3.05) is 7.11 Å². The number of methoxy groups -OCH3 is 1. The molecule has 0 radical (unpaired) electrons. The number of hydrogen-bond acceptors (Lipinski definition) is 2. The van der Waals surface area contributed by atoms with Gasteiger partial charge in [0.2, 0.25) is 0 Å². The van der Waals surface area contributed by atoms with Crippen LogP contribution >= 0.6 is 0 Å². The molecule has 0 aromatic carbocycles. The quantitative estimate of drug-likeness (QED) is 0.571. The average molecular weight is 364 g/mol. The first-order valence-corrected chi connectivity index (χ1v) is 11.0. The first-order chi connectivity index (χ1) is 13.1.